The Hall–Kier alpha value is -0.530. The van der Waals surface area contributed by atoms with Gasteiger partial charge in [-0.05, 0) is 19.8 Å². The van der Waals surface area contributed by atoms with Crippen LogP contribution in [0.1, 0.15) is 46.0 Å². The van der Waals surface area contributed by atoms with Crippen molar-refractivity contribution in [1.29, 1.82) is 0 Å². The lowest BCUT2D eigenvalue weighted by molar-refractivity contribution is 0.317. The summed E-state index contributed by atoms with van der Waals surface area (Å²) in [5.74, 6) is 0. The first kappa shape index (κ1) is 9.47. The molecule has 0 spiro atoms. The summed E-state index contributed by atoms with van der Waals surface area (Å²) in [5, 5.41) is 11.4. The van der Waals surface area contributed by atoms with Gasteiger partial charge < -0.3 is 5.21 Å². The van der Waals surface area contributed by atoms with E-state index in [0.29, 0.717) is 0 Å². The Labute approximate surface area is 62.9 Å². The van der Waals surface area contributed by atoms with Gasteiger partial charge in [-0.1, -0.05) is 31.3 Å². The van der Waals surface area contributed by atoms with Gasteiger partial charge in [0.25, 0.3) is 0 Å². The van der Waals surface area contributed by atoms with Gasteiger partial charge in [0.15, 0.2) is 0 Å². The van der Waals surface area contributed by atoms with Crippen LogP contribution < -0.4 is 0 Å². The van der Waals surface area contributed by atoms with Gasteiger partial charge in [0.2, 0.25) is 0 Å². The van der Waals surface area contributed by atoms with Crippen LogP contribution in [-0.4, -0.2) is 10.9 Å². The molecule has 10 heavy (non-hydrogen) atoms. The Morgan fingerprint density at radius 1 is 1.30 bits per heavy atom. The number of rotatable bonds is 5. The molecule has 0 heterocycles. The van der Waals surface area contributed by atoms with Crippen LogP contribution in [0.15, 0.2) is 5.16 Å². The molecule has 0 amide bonds. The molecule has 0 atom stereocenters. The smallest absolute Gasteiger partial charge is 0.0540 e. The molecular formula is C8H17NO. The van der Waals surface area contributed by atoms with E-state index in [0.717, 1.165) is 18.6 Å². The molecule has 0 aliphatic heterocycles. The molecule has 0 aliphatic carbocycles. The van der Waals surface area contributed by atoms with Gasteiger partial charge >= 0.3 is 0 Å². The number of hydrogen-bond acceptors (Lipinski definition) is 2. The third kappa shape index (κ3) is 5.60. The van der Waals surface area contributed by atoms with Crippen molar-refractivity contribution >= 4 is 5.71 Å². The van der Waals surface area contributed by atoms with Gasteiger partial charge in [-0.3, -0.25) is 0 Å². The molecule has 0 aliphatic rings. The van der Waals surface area contributed by atoms with Crippen LogP contribution in [0.5, 0.6) is 0 Å². The van der Waals surface area contributed by atoms with E-state index in [9.17, 15) is 0 Å². The summed E-state index contributed by atoms with van der Waals surface area (Å²) in [5.41, 5.74) is 0.844. The van der Waals surface area contributed by atoms with Crippen LogP contribution >= 0.6 is 0 Å². The average Bonchev–Trinajstić information content (AvgIpc) is 1.98. The third-order valence-corrected chi connectivity index (χ3v) is 1.56. The summed E-state index contributed by atoms with van der Waals surface area (Å²) in [7, 11) is 0. The Kier molecular flexibility index (Phi) is 6.24. The van der Waals surface area contributed by atoms with Crippen LogP contribution in [0.25, 0.3) is 0 Å². The second kappa shape index (κ2) is 6.59. The fourth-order valence-corrected chi connectivity index (χ4v) is 0.858. The highest BCUT2D eigenvalue weighted by Crippen LogP contribution is 2.02. The molecule has 0 saturated carbocycles. The number of hydrogen-bond donors (Lipinski definition) is 1. The molecule has 0 aromatic carbocycles. The second-order valence-electron chi connectivity index (χ2n) is 2.65. The molecule has 0 unspecified atom stereocenters. The van der Waals surface area contributed by atoms with E-state index < -0.39 is 0 Å². The van der Waals surface area contributed by atoms with Crippen LogP contribution in [0.4, 0.5) is 0 Å². The molecule has 0 saturated heterocycles. The van der Waals surface area contributed by atoms with E-state index in [1.807, 2.05) is 6.92 Å². The summed E-state index contributed by atoms with van der Waals surface area (Å²) >= 11 is 0. The Balaban J connectivity index is 3.04. The zero-order valence-electron chi connectivity index (χ0n) is 6.93. The van der Waals surface area contributed by atoms with E-state index in [-0.39, 0.29) is 0 Å². The zero-order valence-corrected chi connectivity index (χ0v) is 6.93. The van der Waals surface area contributed by atoms with Gasteiger partial charge in [0, 0.05) is 0 Å². The summed E-state index contributed by atoms with van der Waals surface area (Å²) in [6, 6.07) is 0. The monoisotopic (exact) mass is 143 g/mol. The Morgan fingerprint density at radius 3 is 2.50 bits per heavy atom. The molecule has 0 aromatic rings. The maximum absolute atomic E-state index is 8.28. The maximum Gasteiger partial charge on any atom is 0.0540 e. The molecule has 0 radical (unpaired) electrons. The van der Waals surface area contributed by atoms with Crippen molar-refractivity contribution in [3.05, 3.63) is 0 Å². The van der Waals surface area contributed by atoms with Crippen LogP contribution in [-0.2, 0) is 0 Å². The molecular weight excluding hydrogens is 126 g/mol. The fraction of sp³-hybridized carbons (Fsp3) is 0.875. The van der Waals surface area contributed by atoms with E-state index in [1.54, 1.807) is 0 Å². The fourth-order valence-electron chi connectivity index (χ4n) is 0.858. The zero-order chi connectivity index (χ0) is 7.82. The van der Waals surface area contributed by atoms with Crippen molar-refractivity contribution in [3.63, 3.8) is 0 Å². The summed E-state index contributed by atoms with van der Waals surface area (Å²) in [4.78, 5) is 0. The van der Waals surface area contributed by atoms with Gasteiger partial charge in [-0.25, -0.2) is 0 Å². The minimum absolute atomic E-state index is 0.844. The molecule has 2 nitrogen and oxygen atoms in total. The van der Waals surface area contributed by atoms with E-state index in [1.165, 1.54) is 19.3 Å². The summed E-state index contributed by atoms with van der Waals surface area (Å²) in [6.07, 6.45) is 5.90. The minimum Gasteiger partial charge on any atom is -0.411 e. The van der Waals surface area contributed by atoms with Gasteiger partial charge in [-0.2, -0.15) is 0 Å². The molecule has 0 aromatic heterocycles. The van der Waals surface area contributed by atoms with Gasteiger partial charge in [0.05, 0.1) is 5.71 Å². The van der Waals surface area contributed by atoms with Crippen molar-refractivity contribution < 1.29 is 5.21 Å². The van der Waals surface area contributed by atoms with Crippen molar-refractivity contribution in [3.8, 4) is 0 Å². The SMILES string of the molecule is CCCCCC/C(C)=N/O. The second-order valence-corrected chi connectivity index (χ2v) is 2.65. The maximum atomic E-state index is 8.28. The van der Waals surface area contributed by atoms with Crippen LogP contribution in [0.2, 0.25) is 0 Å². The summed E-state index contributed by atoms with van der Waals surface area (Å²) in [6.45, 7) is 4.04. The van der Waals surface area contributed by atoms with Gasteiger partial charge in [0.1, 0.15) is 0 Å². The normalized spacial score (nSPS) is 12.0. The number of oxime groups is 1. The number of unbranched alkanes of at least 4 members (excludes halogenated alkanes) is 3. The minimum atomic E-state index is 0.844. The lowest BCUT2D eigenvalue weighted by Crippen LogP contribution is -1.90. The van der Waals surface area contributed by atoms with Crippen molar-refractivity contribution in [1.82, 2.24) is 0 Å². The topological polar surface area (TPSA) is 32.6 Å². The Morgan fingerprint density at radius 2 is 2.00 bits per heavy atom. The van der Waals surface area contributed by atoms with E-state index in [2.05, 4.69) is 12.1 Å². The highest BCUT2D eigenvalue weighted by molar-refractivity contribution is 5.81. The molecule has 60 valence electrons. The van der Waals surface area contributed by atoms with Crippen molar-refractivity contribution in [2.45, 2.75) is 46.0 Å². The lowest BCUT2D eigenvalue weighted by atomic mass is 10.1. The lowest BCUT2D eigenvalue weighted by Gasteiger charge is -1.96. The third-order valence-electron chi connectivity index (χ3n) is 1.56. The molecule has 0 rings (SSSR count). The van der Waals surface area contributed by atoms with Gasteiger partial charge in [-0.15, -0.1) is 0 Å². The first-order valence-corrected chi connectivity index (χ1v) is 3.98. The predicted octanol–water partition coefficient (Wildman–Crippen LogP) is 2.81. The highest BCUT2D eigenvalue weighted by atomic mass is 16.4. The van der Waals surface area contributed by atoms with Crippen molar-refractivity contribution in [2.24, 2.45) is 5.16 Å². The predicted molar refractivity (Wildman–Crippen MR) is 43.7 cm³/mol. The first-order chi connectivity index (χ1) is 4.81. The summed E-state index contributed by atoms with van der Waals surface area (Å²) < 4.78 is 0. The molecule has 1 N–H and O–H groups in total. The molecule has 0 fully saturated rings. The van der Waals surface area contributed by atoms with Crippen LogP contribution in [0.3, 0.4) is 0 Å². The molecule has 2 heteroatoms. The first-order valence-electron chi connectivity index (χ1n) is 3.98. The van der Waals surface area contributed by atoms with E-state index in [4.69, 9.17) is 5.21 Å². The quantitative estimate of drug-likeness (QED) is 0.273. The largest absolute Gasteiger partial charge is 0.411 e. The molecule has 0 bridgehead atoms. The highest BCUT2D eigenvalue weighted by Gasteiger charge is 1.91. The average molecular weight is 143 g/mol. The van der Waals surface area contributed by atoms with E-state index >= 15 is 0 Å². The van der Waals surface area contributed by atoms with Crippen molar-refractivity contribution in [2.75, 3.05) is 0 Å². The van der Waals surface area contributed by atoms with Crippen LogP contribution in [0, 0.1) is 0 Å². The Bertz CT molecular complexity index is 99.4. The standard InChI is InChI=1S/C8H17NO/c1-3-4-5-6-7-8(2)9-10/h10H,3-7H2,1-2H3/b9-8+. The number of nitrogens with zero attached hydrogens (tertiary/aromatic N) is 1.